The van der Waals surface area contributed by atoms with E-state index in [1.165, 1.54) is 35.0 Å². The van der Waals surface area contributed by atoms with E-state index in [-0.39, 0.29) is 23.8 Å². The van der Waals surface area contributed by atoms with Crippen LogP contribution in [0.1, 0.15) is 5.76 Å². The molecule has 32 heavy (non-hydrogen) atoms. The van der Waals surface area contributed by atoms with Crippen LogP contribution in [0.25, 0.3) is 17.4 Å². The number of nitrogens with zero attached hydrogens (tertiary/aromatic N) is 3. The van der Waals surface area contributed by atoms with Crippen LogP contribution >= 0.6 is 11.8 Å². The Morgan fingerprint density at radius 3 is 2.66 bits per heavy atom. The van der Waals surface area contributed by atoms with Crippen molar-refractivity contribution in [2.45, 2.75) is 0 Å². The molecule has 1 aromatic heterocycles. The lowest BCUT2D eigenvalue weighted by Crippen LogP contribution is -2.35. The molecule has 0 spiro atoms. The number of thioether (sulfide) groups is 1. The number of benzene rings is 2. The molecule has 1 amide bonds. The number of nitrogens with one attached hydrogen (secondary N) is 1. The Bertz CT molecular complexity index is 1300. The number of carbonyl (C=O) groups is 1. The lowest BCUT2D eigenvalue weighted by molar-refractivity contribution is -0.114. The predicted molar refractivity (Wildman–Crippen MR) is 121 cm³/mol. The van der Waals surface area contributed by atoms with E-state index < -0.39 is 5.91 Å². The minimum absolute atomic E-state index is 0.0586. The van der Waals surface area contributed by atoms with Crippen LogP contribution in [0, 0.1) is 11.2 Å². The largest absolute Gasteiger partial charge is 0.487 e. The number of hydrogen-bond donors (Lipinski definition) is 1. The van der Waals surface area contributed by atoms with Gasteiger partial charge >= 0.3 is 0 Å². The molecule has 0 unspecified atom stereocenters. The van der Waals surface area contributed by atoms with Gasteiger partial charge in [0.25, 0.3) is 5.91 Å². The highest BCUT2D eigenvalue weighted by atomic mass is 32.2. The smallest absolute Gasteiger partial charge is 0.283 e. The maximum absolute atomic E-state index is 13.1. The molecule has 158 valence electrons. The Morgan fingerprint density at radius 1 is 1.09 bits per heavy atom. The van der Waals surface area contributed by atoms with E-state index in [1.54, 1.807) is 24.3 Å². The third-order valence-electron chi connectivity index (χ3n) is 4.64. The molecule has 0 bridgehead atoms. The van der Waals surface area contributed by atoms with Crippen LogP contribution in [-0.4, -0.2) is 33.6 Å². The molecule has 2 aromatic carbocycles. The van der Waals surface area contributed by atoms with Crippen LogP contribution < -0.4 is 4.74 Å². The fraction of sp³-hybridized carbons (Fsp3) is 0.0435. The molecule has 1 N–H and O–H groups in total. The first kappa shape index (κ1) is 20.0. The Hall–Kier alpha value is -3.98. The normalized spacial score (nSPS) is 16.8. The number of amides is 1. The average molecular weight is 446 g/mol. The zero-order valence-electron chi connectivity index (χ0n) is 16.5. The van der Waals surface area contributed by atoms with Crippen molar-refractivity contribution in [3.05, 3.63) is 83.9 Å². The molecule has 0 atom stereocenters. The van der Waals surface area contributed by atoms with Gasteiger partial charge in [0.15, 0.2) is 5.84 Å². The van der Waals surface area contributed by atoms with E-state index in [9.17, 15) is 9.18 Å². The number of amidine groups is 2. The molecule has 3 heterocycles. The van der Waals surface area contributed by atoms with Crippen molar-refractivity contribution in [1.82, 2.24) is 5.01 Å². The second-order valence-electron chi connectivity index (χ2n) is 6.82. The Morgan fingerprint density at radius 2 is 1.88 bits per heavy atom. The molecule has 2 aliphatic heterocycles. The van der Waals surface area contributed by atoms with Crippen LogP contribution in [0.15, 0.2) is 86.8 Å². The number of furan rings is 1. The lowest BCUT2D eigenvalue weighted by Gasteiger charge is -2.19. The van der Waals surface area contributed by atoms with E-state index in [0.29, 0.717) is 33.0 Å². The van der Waals surface area contributed by atoms with Crippen molar-refractivity contribution in [1.29, 1.82) is 5.41 Å². The summed E-state index contributed by atoms with van der Waals surface area (Å²) in [7, 11) is 0. The fourth-order valence-corrected chi connectivity index (χ4v) is 3.89. The van der Waals surface area contributed by atoms with Gasteiger partial charge in [-0.05, 0) is 66.4 Å². The van der Waals surface area contributed by atoms with Crippen molar-refractivity contribution < 1.29 is 18.3 Å². The molecule has 0 fully saturated rings. The van der Waals surface area contributed by atoms with E-state index in [4.69, 9.17) is 14.6 Å². The molecular formula is C23H15FN4O3S. The maximum atomic E-state index is 13.1. The van der Waals surface area contributed by atoms with Gasteiger partial charge in [-0.3, -0.25) is 10.2 Å². The summed E-state index contributed by atoms with van der Waals surface area (Å²) in [6.45, 7) is 0.198. The van der Waals surface area contributed by atoms with Gasteiger partial charge in [-0.1, -0.05) is 18.2 Å². The highest BCUT2D eigenvalue weighted by molar-refractivity contribution is 8.27. The van der Waals surface area contributed by atoms with Crippen LogP contribution in [-0.2, 0) is 4.79 Å². The van der Waals surface area contributed by atoms with Gasteiger partial charge in [-0.15, -0.1) is 0 Å². The quantitative estimate of drug-likeness (QED) is 0.570. The Labute approximate surface area is 186 Å². The summed E-state index contributed by atoms with van der Waals surface area (Å²) in [6.07, 6.45) is 1.45. The first-order valence-electron chi connectivity index (χ1n) is 9.59. The summed E-state index contributed by atoms with van der Waals surface area (Å²) in [5, 5.41) is 15.0. The number of aliphatic imine (C=N–C) groups is 1. The summed E-state index contributed by atoms with van der Waals surface area (Å²) < 4.78 is 24.6. The van der Waals surface area contributed by atoms with Crippen LogP contribution in [0.2, 0.25) is 0 Å². The van der Waals surface area contributed by atoms with Crippen LogP contribution in [0.5, 0.6) is 5.75 Å². The van der Waals surface area contributed by atoms with Crippen molar-refractivity contribution in [2.75, 3.05) is 6.61 Å². The molecule has 9 heteroatoms. The number of para-hydroxylation sites is 1. The third kappa shape index (κ3) is 3.97. The zero-order valence-corrected chi connectivity index (χ0v) is 17.3. The van der Waals surface area contributed by atoms with Gasteiger partial charge < -0.3 is 9.15 Å². The minimum atomic E-state index is -0.547. The molecule has 2 aliphatic rings. The van der Waals surface area contributed by atoms with Gasteiger partial charge in [0.1, 0.15) is 34.7 Å². The molecule has 0 saturated carbocycles. The van der Waals surface area contributed by atoms with E-state index in [2.05, 4.69) is 10.1 Å². The number of carbonyl (C=O) groups excluding carboxylic acids is 1. The Kier molecular flexibility index (Phi) is 5.16. The summed E-state index contributed by atoms with van der Waals surface area (Å²) in [5.41, 5.74) is 0.758. The number of fused-ring (bicyclic) bond motifs is 1. The first-order chi connectivity index (χ1) is 15.6. The number of ether oxygens (including phenoxy) is 1. The molecule has 0 saturated heterocycles. The van der Waals surface area contributed by atoms with Crippen molar-refractivity contribution in [3.8, 4) is 17.1 Å². The van der Waals surface area contributed by atoms with Crippen molar-refractivity contribution >= 4 is 39.8 Å². The second-order valence-corrected chi connectivity index (χ2v) is 7.86. The van der Waals surface area contributed by atoms with Crippen molar-refractivity contribution in [3.63, 3.8) is 0 Å². The Balaban J connectivity index is 1.34. The monoisotopic (exact) mass is 446 g/mol. The number of halogens is 1. The maximum Gasteiger partial charge on any atom is 0.283 e. The predicted octanol–water partition coefficient (Wildman–Crippen LogP) is 4.78. The topological polar surface area (TPSA) is 91.2 Å². The van der Waals surface area contributed by atoms with Gasteiger partial charge in [0.05, 0.1) is 5.57 Å². The van der Waals surface area contributed by atoms with Crippen LogP contribution in [0.4, 0.5) is 4.39 Å². The van der Waals surface area contributed by atoms with E-state index in [1.807, 2.05) is 30.3 Å². The van der Waals surface area contributed by atoms with Gasteiger partial charge in [-0.2, -0.15) is 15.1 Å². The number of hydrazone groups is 1. The molecule has 5 rings (SSSR count). The third-order valence-corrected chi connectivity index (χ3v) is 5.53. The van der Waals surface area contributed by atoms with E-state index in [0.717, 1.165) is 0 Å². The first-order valence-corrected chi connectivity index (χ1v) is 10.4. The minimum Gasteiger partial charge on any atom is -0.487 e. The van der Waals surface area contributed by atoms with Crippen LogP contribution in [0.3, 0.4) is 0 Å². The van der Waals surface area contributed by atoms with Gasteiger partial charge in [0, 0.05) is 5.56 Å². The average Bonchev–Trinajstić information content (AvgIpc) is 3.44. The molecule has 3 aromatic rings. The van der Waals surface area contributed by atoms with E-state index >= 15 is 0 Å². The molecule has 0 aliphatic carbocycles. The lowest BCUT2D eigenvalue weighted by atomic mass is 10.1. The standard InChI is InChI=1S/C23H15FN4O3S/c24-15-8-6-14(7-9-15)19-11-10-17(31-19)12-18-21(25)28-23(26-22(18)29)32-20(27-28)13-30-16-4-2-1-3-5-16/h1-12,25H,13H2/b18-12+,25-21?. The van der Waals surface area contributed by atoms with Crippen molar-refractivity contribution in [2.24, 2.45) is 10.1 Å². The highest BCUT2D eigenvalue weighted by Crippen LogP contribution is 2.30. The van der Waals surface area contributed by atoms with Gasteiger partial charge in [0.2, 0.25) is 5.17 Å². The molecule has 7 nitrogen and oxygen atoms in total. The second kappa shape index (κ2) is 8.27. The highest BCUT2D eigenvalue weighted by Gasteiger charge is 2.36. The molecule has 0 radical (unpaired) electrons. The number of hydrogen-bond acceptors (Lipinski definition) is 6. The summed E-state index contributed by atoms with van der Waals surface area (Å²) in [5.74, 6) is 0.612. The SMILES string of the molecule is N=C1/C(=C\c2ccc(-c3ccc(F)cc3)o2)C(=O)N=C2SC(COc3ccccc3)=NN12. The van der Waals surface area contributed by atoms with Gasteiger partial charge in [-0.25, -0.2) is 4.39 Å². The fourth-order valence-electron chi connectivity index (χ4n) is 3.09. The summed E-state index contributed by atoms with van der Waals surface area (Å²) in [4.78, 5) is 16.6. The zero-order chi connectivity index (χ0) is 22.1. The summed E-state index contributed by atoms with van der Waals surface area (Å²) >= 11 is 1.19. The summed E-state index contributed by atoms with van der Waals surface area (Å²) in [6, 6.07) is 18.6. The number of rotatable bonds is 5. The molecular weight excluding hydrogens is 431 g/mol.